The number of nitrogens with zero attached hydrogens (tertiary/aromatic N) is 2. The molecule has 2 aromatic heterocycles. The van der Waals surface area contributed by atoms with Crippen LogP contribution in [-0.2, 0) is 53.1 Å². The highest BCUT2D eigenvalue weighted by Gasteiger charge is 2.29. The molecule has 0 unspecified atom stereocenters. The van der Waals surface area contributed by atoms with Crippen LogP contribution in [0, 0.1) is 0 Å². The largest absolute Gasteiger partial charge is 0.465 e. The summed E-state index contributed by atoms with van der Waals surface area (Å²) in [5.74, 6) is -4.95. The predicted molar refractivity (Wildman–Crippen MR) is 154 cm³/mol. The van der Waals surface area contributed by atoms with E-state index in [0.717, 1.165) is 39.1 Å². The fourth-order valence-electron chi connectivity index (χ4n) is 4.27. The first-order valence-corrected chi connectivity index (χ1v) is 16.6. The molecule has 1 aromatic carbocycles. The van der Waals surface area contributed by atoms with Crippen LogP contribution in [0.5, 0.6) is 0 Å². The first-order chi connectivity index (χ1) is 19.0. The summed E-state index contributed by atoms with van der Waals surface area (Å²) in [5.41, 5.74) is 1.70. The first kappa shape index (κ1) is 30.1. The number of halogens is 1. The number of aromatic nitrogens is 1. The second kappa shape index (κ2) is 12.7. The summed E-state index contributed by atoms with van der Waals surface area (Å²) < 4.78 is 38.6. The molecule has 1 aliphatic carbocycles. The summed E-state index contributed by atoms with van der Waals surface area (Å²) in [5, 5.41) is 2.77. The van der Waals surface area contributed by atoms with Gasteiger partial charge in [0.1, 0.15) is 23.1 Å². The number of carbonyl (C=O) groups excluding carboxylic acids is 4. The molecule has 0 fully saturated rings. The van der Waals surface area contributed by atoms with E-state index in [-0.39, 0.29) is 35.1 Å². The van der Waals surface area contributed by atoms with Crippen LogP contribution in [0.3, 0.4) is 0 Å². The van der Waals surface area contributed by atoms with Crippen LogP contribution in [0.4, 0.5) is 5.00 Å². The van der Waals surface area contributed by atoms with Crippen molar-refractivity contribution in [2.45, 2.75) is 39.7 Å². The van der Waals surface area contributed by atoms with E-state index in [2.05, 4.69) is 26.2 Å². The minimum Gasteiger partial charge on any atom is -0.465 e. The van der Waals surface area contributed by atoms with E-state index in [1.807, 2.05) is 0 Å². The van der Waals surface area contributed by atoms with Gasteiger partial charge in [-0.25, -0.2) is 13.2 Å². The lowest BCUT2D eigenvalue weighted by molar-refractivity contribution is -0.143. The lowest BCUT2D eigenvalue weighted by Crippen LogP contribution is -2.29. The number of benzene rings is 1. The lowest BCUT2D eigenvalue weighted by atomic mass is 10.1. The Morgan fingerprint density at radius 2 is 1.82 bits per heavy atom. The van der Waals surface area contributed by atoms with Crippen LogP contribution in [0.1, 0.15) is 41.1 Å². The average Bonchev–Trinajstić information content (AvgIpc) is 3.51. The Labute approximate surface area is 246 Å². The number of thiazole rings is 1. The molecule has 0 saturated heterocycles. The molecular formula is C25H26BrN3O8S3. The molecule has 1 N–H and O–H groups in total. The molecular weight excluding hydrogens is 646 g/mol. The van der Waals surface area contributed by atoms with E-state index >= 15 is 0 Å². The van der Waals surface area contributed by atoms with Crippen molar-refractivity contribution in [1.29, 1.82) is 0 Å². The van der Waals surface area contributed by atoms with Crippen LogP contribution in [0.2, 0.25) is 0 Å². The van der Waals surface area contributed by atoms with Gasteiger partial charge >= 0.3 is 11.9 Å². The van der Waals surface area contributed by atoms with Crippen molar-refractivity contribution >= 4 is 87.4 Å². The monoisotopic (exact) mass is 671 g/mol. The van der Waals surface area contributed by atoms with E-state index in [0.29, 0.717) is 16.6 Å². The number of aryl methyl sites for hydroxylation is 1. The highest BCUT2D eigenvalue weighted by Crippen LogP contribution is 2.39. The molecule has 1 aliphatic rings. The zero-order chi connectivity index (χ0) is 29.0. The number of anilines is 1. The minimum absolute atomic E-state index is 0.123. The van der Waals surface area contributed by atoms with Crippen LogP contribution in [0.15, 0.2) is 27.7 Å². The average molecular weight is 673 g/mol. The Hall–Kier alpha value is -2.88. The van der Waals surface area contributed by atoms with Gasteiger partial charge in [-0.2, -0.15) is 4.99 Å². The zero-order valence-corrected chi connectivity index (χ0v) is 25.7. The highest BCUT2D eigenvalue weighted by atomic mass is 79.9. The van der Waals surface area contributed by atoms with Crippen LogP contribution < -0.4 is 10.1 Å². The summed E-state index contributed by atoms with van der Waals surface area (Å²) in [7, 11) is -4.21. The summed E-state index contributed by atoms with van der Waals surface area (Å²) >= 11 is 5.72. The second-order valence-electron chi connectivity index (χ2n) is 8.76. The molecule has 0 atom stereocenters. The number of carbonyl (C=O) groups is 4. The van der Waals surface area contributed by atoms with Crippen LogP contribution >= 0.6 is 38.6 Å². The van der Waals surface area contributed by atoms with E-state index in [4.69, 9.17) is 9.47 Å². The molecule has 3 aromatic rings. The molecule has 0 spiro atoms. The Morgan fingerprint density at radius 3 is 2.55 bits per heavy atom. The normalized spacial score (nSPS) is 13.3. The van der Waals surface area contributed by atoms with Gasteiger partial charge in [0.05, 0.1) is 29.0 Å². The Morgan fingerprint density at radius 1 is 1.07 bits per heavy atom. The fraction of sp³-hybridized carbons (Fsp3) is 0.400. The number of nitrogens with one attached hydrogen (secondary N) is 1. The predicted octanol–water partition coefficient (Wildman–Crippen LogP) is 3.24. The van der Waals surface area contributed by atoms with Crippen molar-refractivity contribution < 1.29 is 37.1 Å². The molecule has 4 rings (SSSR count). The van der Waals surface area contributed by atoms with Gasteiger partial charge in [0.2, 0.25) is 5.91 Å². The van der Waals surface area contributed by atoms with Crippen molar-refractivity contribution in [3.63, 3.8) is 0 Å². The van der Waals surface area contributed by atoms with Gasteiger partial charge < -0.3 is 19.4 Å². The standard InChI is InChI=1S/C25H26BrN3O8S3/c1-3-36-21(32)11-29-16-9-8-14(26)10-18(16)39-25(29)28-20(31)13-40(34,35)12-19(30)27-23-22(24(33)37-4-2)15-6-5-7-17(15)38-23/h8-10H,3-7,11-13H2,1-2H3,(H,27,30). The number of amides is 2. The van der Waals surface area contributed by atoms with Gasteiger partial charge in [0.25, 0.3) is 5.91 Å². The Balaban J connectivity index is 1.51. The number of ether oxygens (including phenoxy) is 2. The first-order valence-electron chi connectivity index (χ1n) is 12.3. The summed E-state index contributed by atoms with van der Waals surface area (Å²) in [6.07, 6.45) is 2.33. The topological polar surface area (TPSA) is 150 Å². The number of sulfone groups is 1. The molecule has 0 aliphatic heterocycles. The maximum absolute atomic E-state index is 12.7. The molecule has 2 heterocycles. The molecule has 40 heavy (non-hydrogen) atoms. The third-order valence-corrected chi connectivity index (χ3v) is 9.94. The van der Waals surface area contributed by atoms with Crippen molar-refractivity contribution in [1.82, 2.24) is 4.57 Å². The quantitative estimate of drug-likeness (QED) is 0.323. The second-order valence-corrected chi connectivity index (χ2v) is 13.9. The van der Waals surface area contributed by atoms with Crippen molar-refractivity contribution in [2.75, 3.05) is 30.0 Å². The number of thiophene rings is 1. The Bertz CT molecular complexity index is 1670. The Kier molecular flexibility index (Phi) is 9.59. The molecule has 0 saturated carbocycles. The SMILES string of the molecule is CCOC(=O)Cn1c(=NC(=O)CS(=O)(=O)CC(=O)Nc2sc3c(c2C(=O)OCC)CCC3)sc2cc(Br)ccc21. The maximum atomic E-state index is 12.7. The lowest BCUT2D eigenvalue weighted by Gasteiger charge is -2.08. The van der Waals surface area contributed by atoms with Gasteiger partial charge in [-0.05, 0) is 56.9 Å². The van der Waals surface area contributed by atoms with Crippen LogP contribution in [0.25, 0.3) is 10.2 Å². The molecule has 15 heteroatoms. The minimum atomic E-state index is -4.21. The third kappa shape index (κ3) is 7.06. The molecule has 214 valence electrons. The number of hydrogen-bond donors (Lipinski definition) is 1. The smallest absolute Gasteiger partial charge is 0.341 e. The molecule has 0 radical (unpaired) electrons. The van der Waals surface area contributed by atoms with Crippen molar-refractivity contribution in [3.8, 4) is 0 Å². The van der Waals surface area contributed by atoms with E-state index in [1.54, 1.807) is 32.0 Å². The molecule has 2 amide bonds. The highest BCUT2D eigenvalue weighted by molar-refractivity contribution is 9.10. The van der Waals surface area contributed by atoms with Crippen LogP contribution in [-0.4, -0.2) is 61.5 Å². The number of rotatable bonds is 10. The fourth-order valence-corrected chi connectivity index (χ4v) is 8.18. The maximum Gasteiger partial charge on any atom is 0.341 e. The van der Waals surface area contributed by atoms with Crippen molar-refractivity contribution in [2.24, 2.45) is 4.99 Å². The van der Waals surface area contributed by atoms with Gasteiger partial charge in [0, 0.05) is 9.35 Å². The number of esters is 2. The summed E-state index contributed by atoms with van der Waals surface area (Å²) in [6.45, 7) is 3.46. The molecule has 11 nitrogen and oxygen atoms in total. The van der Waals surface area contributed by atoms with Gasteiger partial charge in [-0.3, -0.25) is 14.4 Å². The number of fused-ring (bicyclic) bond motifs is 2. The van der Waals surface area contributed by atoms with Gasteiger partial charge in [-0.15, -0.1) is 11.3 Å². The van der Waals surface area contributed by atoms with Gasteiger partial charge in [-0.1, -0.05) is 27.3 Å². The van der Waals surface area contributed by atoms with E-state index in [9.17, 15) is 27.6 Å². The zero-order valence-electron chi connectivity index (χ0n) is 21.7. The van der Waals surface area contributed by atoms with E-state index in [1.165, 1.54) is 15.9 Å². The third-order valence-electron chi connectivity index (χ3n) is 5.81. The summed E-state index contributed by atoms with van der Waals surface area (Å²) in [6, 6.07) is 5.29. The van der Waals surface area contributed by atoms with E-state index < -0.39 is 45.1 Å². The van der Waals surface area contributed by atoms with Gasteiger partial charge in [0.15, 0.2) is 14.6 Å². The molecule has 0 bridgehead atoms. The number of hydrogen-bond acceptors (Lipinski definition) is 10. The summed E-state index contributed by atoms with van der Waals surface area (Å²) in [4.78, 5) is 55.1. The van der Waals surface area contributed by atoms with Crippen molar-refractivity contribution in [3.05, 3.63) is 43.5 Å².